The summed E-state index contributed by atoms with van der Waals surface area (Å²) in [6, 6.07) is 10.2. The standard InChI is InChI=1S/C18H26NO/c1-4-18(20-3,17-11-7-5-8-12-17)13-16-19(2)14-9-6-10-15-19/h1,5,7-8,11-12H,6,9-10,13-16H2,2-3H3/q+1. The first-order chi connectivity index (χ1) is 9.64. The molecular weight excluding hydrogens is 246 g/mol. The van der Waals surface area contributed by atoms with Gasteiger partial charge in [0.05, 0.1) is 26.7 Å². The van der Waals surface area contributed by atoms with E-state index in [4.69, 9.17) is 11.2 Å². The molecule has 1 aromatic rings. The number of piperidine rings is 1. The lowest BCUT2D eigenvalue weighted by Gasteiger charge is -2.40. The first-order valence-corrected chi connectivity index (χ1v) is 7.56. The van der Waals surface area contributed by atoms with Gasteiger partial charge in [-0.15, -0.1) is 6.42 Å². The molecule has 108 valence electrons. The molecule has 2 heteroatoms. The summed E-state index contributed by atoms with van der Waals surface area (Å²) in [6.07, 6.45) is 10.7. The molecule has 0 amide bonds. The first-order valence-electron chi connectivity index (χ1n) is 7.56. The van der Waals surface area contributed by atoms with E-state index in [9.17, 15) is 0 Å². The Morgan fingerprint density at radius 1 is 1.20 bits per heavy atom. The van der Waals surface area contributed by atoms with Crippen molar-refractivity contribution in [3.05, 3.63) is 35.9 Å². The Labute approximate surface area is 123 Å². The molecule has 1 unspecified atom stereocenters. The van der Waals surface area contributed by atoms with Gasteiger partial charge >= 0.3 is 0 Å². The molecule has 1 aliphatic heterocycles. The lowest BCUT2D eigenvalue weighted by Crippen LogP contribution is -2.50. The fourth-order valence-corrected chi connectivity index (χ4v) is 3.21. The Balaban J connectivity index is 2.12. The number of quaternary nitrogens is 1. The zero-order valence-corrected chi connectivity index (χ0v) is 12.8. The summed E-state index contributed by atoms with van der Waals surface area (Å²) in [5.74, 6) is 2.91. The third kappa shape index (κ3) is 3.23. The Hall–Kier alpha value is -1.30. The van der Waals surface area contributed by atoms with Crippen molar-refractivity contribution >= 4 is 0 Å². The third-order valence-electron chi connectivity index (χ3n) is 4.72. The van der Waals surface area contributed by atoms with Gasteiger partial charge in [-0.3, -0.25) is 0 Å². The fraction of sp³-hybridized carbons (Fsp3) is 0.556. The van der Waals surface area contributed by atoms with Crippen LogP contribution in [0, 0.1) is 12.3 Å². The van der Waals surface area contributed by atoms with Crippen LogP contribution in [0.1, 0.15) is 31.2 Å². The van der Waals surface area contributed by atoms with Crippen LogP contribution in [0.4, 0.5) is 0 Å². The van der Waals surface area contributed by atoms with Crippen LogP contribution < -0.4 is 0 Å². The molecule has 0 radical (unpaired) electrons. The molecule has 0 bridgehead atoms. The highest BCUT2D eigenvalue weighted by molar-refractivity contribution is 5.30. The number of nitrogens with zero attached hydrogens (tertiary/aromatic N) is 1. The summed E-state index contributed by atoms with van der Waals surface area (Å²) in [4.78, 5) is 0. The maximum absolute atomic E-state index is 5.83. The highest BCUT2D eigenvalue weighted by atomic mass is 16.5. The highest BCUT2D eigenvalue weighted by Gasteiger charge is 2.34. The molecule has 0 aromatic heterocycles. The van der Waals surface area contributed by atoms with Crippen molar-refractivity contribution in [2.45, 2.75) is 31.3 Å². The quantitative estimate of drug-likeness (QED) is 0.591. The summed E-state index contributed by atoms with van der Waals surface area (Å²) in [5.41, 5.74) is 0.508. The molecule has 1 fully saturated rings. The lowest BCUT2D eigenvalue weighted by molar-refractivity contribution is -0.914. The van der Waals surface area contributed by atoms with Crippen molar-refractivity contribution in [1.29, 1.82) is 0 Å². The maximum atomic E-state index is 5.83. The minimum atomic E-state index is -0.583. The van der Waals surface area contributed by atoms with Crippen LogP contribution >= 0.6 is 0 Å². The molecule has 0 spiro atoms. The molecule has 1 atom stereocenters. The molecule has 0 N–H and O–H groups in total. The number of terminal acetylenes is 1. The molecule has 1 saturated heterocycles. The van der Waals surface area contributed by atoms with E-state index < -0.39 is 5.60 Å². The second-order valence-electron chi connectivity index (χ2n) is 6.14. The molecule has 0 saturated carbocycles. The lowest BCUT2D eigenvalue weighted by atomic mass is 9.90. The monoisotopic (exact) mass is 272 g/mol. The number of rotatable bonds is 5. The Morgan fingerprint density at radius 3 is 2.40 bits per heavy atom. The van der Waals surface area contributed by atoms with Gasteiger partial charge in [-0.1, -0.05) is 36.3 Å². The molecule has 1 aliphatic rings. The molecule has 1 aromatic carbocycles. The zero-order chi connectivity index (χ0) is 14.5. The van der Waals surface area contributed by atoms with Crippen molar-refractivity contribution in [1.82, 2.24) is 0 Å². The van der Waals surface area contributed by atoms with E-state index in [1.54, 1.807) is 7.11 Å². The van der Waals surface area contributed by atoms with Gasteiger partial charge in [-0.05, 0) is 24.8 Å². The second kappa shape index (κ2) is 6.43. The molecule has 2 nitrogen and oxygen atoms in total. The van der Waals surface area contributed by atoms with Gasteiger partial charge in [0, 0.05) is 13.5 Å². The molecular formula is C18H26NO+. The summed E-state index contributed by atoms with van der Waals surface area (Å²) in [5, 5.41) is 0. The van der Waals surface area contributed by atoms with Crippen molar-refractivity contribution in [3.8, 4) is 12.3 Å². The molecule has 1 heterocycles. The van der Waals surface area contributed by atoms with Crippen LogP contribution in [0.5, 0.6) is 0 Å². The van der Waals surface area contributed by atoms with Gasteiger partial charge in [-0.2, -0.15) is 0 Å². The maximum Gasteiger partial charge on any atom is 0.158 e. The van der Waals surface area contributed by atoms with Crippen LogP contribution in [-0.2, 0) is 10.3 Å². The fourth-order valence-electron chi connectivity index (χ4n) is 3.21. The average Bonchev–Trinajstić information content (AvgIpc) is 2.51. The highest BCUT2D eigenvalue weighted by Crippen LogP contribution is 2.30. The van der Waals surface area contributed by atoms with Gasteiger partial charge in [0.1, 0.15) is 0 Å². The van der Waals surface area contributed by atoms with E-state index >= 15 is 0 Å². The van der Waals surface area contributed by atoms with E-state index in [1.165, 1.54) is 32.4 Å². The van der Waals surface area contributed by atoms with E-state index in [0.29, 0.717) is 0 Å². The predicted octanol–water partition coefficient (Wildman–Crippen LogP) is 3.18. The second-order valence-corrected chi connectivity index (χ2v) is 6.14. The average molecular weight is 272 g/mol. The summed E-state index contributed by atoms with van der Waals surface area (Å²) in [7, 11) is 4.07. The van der Waals surface area contributed by atoms with Gasteiger partial charge in [0.25, 0.3) is 0 Å². The molecule has 0 aliphatic carbocycles. The number of hydrogen-bond donors (Lipinski definition) is 0. The minimum absolute atomic E-state index is 0.583. The topological polar surface area (TPSA) is 9.23 Å². The van der Waals surface area contributed by atoms with Crippen LogP contribution in [0.15, 0.2) is 30.3 Å². The van der Waals surface area contributed by atoms with Crippen molar-refractivity contribution in [2.24, 2.45) is 0 Å². The van der Waals surface area contributed by atoms with Crippen molar-refractivity contribution in [2.75, 3.05) is 33.8 Å². The smallest absolute Gasteiger partial charge is 0.158 e. The summed E-state index contributed by atoms with van der Waals surface area (Å²) >= 11 is 0. The number of benzene rings is 1. The van der Waals surface area contributed by atoms with Crippen molar-refractivity contribution in [3.63, 3.8) is 0 Å². The number of ether oxygens (including phenoxy) is 1. The minimum Gasteiger partial charge on any atom is -0.361 e. The van der Waals surface area contributed by atoms with E-state index in [2.05, 4.69) is 25.1 Å². The van der Waals surface area contributed by atoms with Gasteiger partial charge < -0.3 is 9.22 Å². The SMILES string of the molecule is C#CC(CC[N+]1(C)CCCCC1)(OC)c1ccccc1. The molecule has 2 rings (SSSR count). The Morgan fingerprint density at radius 2 is 1.85 bits per heavy atom. The van der Waals surface area contributed by atoms with Crippen LogP contribution in [0.3, 0.4) is 0 Å². The van der Waals surface area contributed by atoms with Crippen molar-refractivity contribution < 1.29 is 9.22 Å². The Bertz CT molecular complexity index is 456. The van der Waals surface area contributed by atoms with Gasteiger partial charge in [0.2, 0.25) is 0 Å². The van der Waals surface area contributed by atoms with Crippen LogP contribution in [-0.4, -0.2) is 38.3 Å². The normalized spacial score (nSPS) is 20.9. The summed E-state index contributed by atoms with van der Waals surface area (Å²) in [6.45, 7) is 3.60. The van der Waals surface area contributed by atoms with Gasteiger partial charge in [0.15, 0.2) is 5.60 Å². The predicted molar refractivity (Wildman–Crippen MR) is 83.2 cm³/mol. The largest absolute Gasteiger partial charge is 0.361 e. The molecule has 20 heavy (non-hydrogen) atoms. The van der Waals surface area contributed by atoms with Gasteiger partial charge in [-0.25, -0.2) is 0 Å². The van der Waals surface area contributed by atoms with E-state index in [0.717, 1.165) is 23.0 Å². The number of likely N-dealkylation sites (tertiary alicyclic amines) is 1. The van der Waals surface area contributed by atoms with E-state index in [1.807, 2.05) is 18.2 Å². The Kier molecular flexibility index (Phi) is 4.86. The van der Waals surface area contributed by atoms with E-state index in [-0.39, 0.29) is 0 Å². The number of hydrogen-bond acceptors (Lipinski definition) is 1. The summed E-state index contributed by atoms with van der Waals surface area (Å²) < 4.78 is 6.89. The zero-order valence-electron chi connectivity index (χ0n) is 12.8. The first kappa shape index (κ1) is 15.1. The number of methoxy groups -OCH3 is 1. The third-order valence-corrected chi connectivity index (χ3v) is 4.72. The van der Waals surface area contributed by atoms with Crippen LogP contribution in [0.25, 0.3) is 0 Å². The van der Waals surface area contributed by atoms with Crippen LogP contribution in [0.2, 0.25) is 0 Å².